The molecular weight excluding hydrogens is 292 g/mol. The highest BCUT2D eigenvalue weighted by atomic mass is 35.5. The van der Waals surface area contributed by atoms with Crippen LogP contribution in [0.5, 0.6) is 0 Å². The number of benzene rings is 2. The van der Waals surface area contributed by atoms with Crippen molar-refractivity contribution in [3.63, 3.8) is 0 Å². The standard InChI is InChI=1S/C14H9ClN4S/c1-8-3-2-4-9(7-16)12(8)17-13-10(15)5-6-11-14(13)19-20-18-11/h2-6,17H,1H3. The van der Waals surface area contributed by atoms with Gasteiger partial charge in [-0.25, -0.2) is 0 Å². The Kier molecular flexibility index (Phi) is 3.26. The number of hydrogen-bond acceptors (Lipinski definition) is 5. The molecule has 0 fully saturated rings. The van der Waals surface area contributed by atoms with Crippen molar-refractivity contribution < 1.29 is 0 Å². The molecule has 0 amide bonds. The number of aryl methyl sites for hydroxylation is 1. The largest absolute Gasteiger partial charge is 0.351 e. The summed E-state index contributed by atoms with van der Waals surface area (Å²) in [5, 5.41) is 13.0. The third-order valence-corrected chi connectivity index (χ3v) is 3.88. The number of para-hydroxylation sites is 1. The maximum atomic E-state index is 9.21. The minimum atomic E-state index is 0.553. The monoisotopic (exact) mass is 300 g/mol. The highest BCUT2D eigenvalue weighted by molar-refractivity contribution is 7.00. The quantitative estimate of drug-likeness (QED) is 0.768. The van der Waals surface area contributed by atoms with Gasteiger partial charge in [-0.05, 0) is 30.7 Å². The fourth-order valence-corrected chi connectivity index (χ4v) is 2.74. The van der Waals surface area contributed by atoms with E-state index in [-0.39, 0.29) is 0 Å². The normalized spacial score (nSPS) is 10.4. The van der Waals surface area contributed by atoms with E-state index in [0.29, 0.717) is 16.3 Å². The lowest BCUT2D eigenvalue weighted by Gasteiger charge is -2.12. The van der Waals surface area contributed by atoms with Crippen molar-refractivity contribution in [3.8, 4) is 6.07 Å². The fourth-order valence-electron chi connectivity index (χ4n) is 2.00. The van der Waals surface area contributed by atoms with E-state index >= 15 is 0 Å². The van der Waals surface area contributed by atoms with Gasteiger partial charge >= 0.3 is 0 Å². The molecule has 0 spiro atoms. The molecule has 1 heterocycles. The van der Waals surface area contributed by atoms with E-state index in [1.165, 1.54) is 0 Å². The van der Waals surface area contributed by atoms with Gasteiger partial charge in [0, 0.05) is 0 Å². The van der Waals surface area contributed by atoms with Crippen LogP contribution in [0.25, 0.3) is 11.0 Å². The average molecular weight is 301 g/mol. The first-order valence-corrected chi connectivity index (χ1v) is 6.99. The second kappa shape index (κ2) is 5.08. The number of anilines is 2. The van der Waals surface area contributed by atoms with Crippen molar-refractivity contribution in [2.24, 2.45) is 0 Å². The molecule has 0 bridgehead atoms. The SMILES string of the molecule is Cc1cccc(C#N)c1Nc1c(Cl)ccc2nsnc12. The number of fused-ring (bicyclic) bond motifs is 1. The molecule has 0 aliphatic rings. The van der Waals surface area contributed by atoms with Gasteiger partial charge in [-0.1, -0.05) is 23.7 Å². The van der Waals surface area contributed by atoms with E-state index in [1.54, 1.807) is 12.1 Å². The summed E-state index contributed by atoms with van der Waals surface area (Å²) >= 11 is 7.39. The minimum absolute atomic E-state index is 0.553. The van der Waals surface area contributed by atoms with Crippen LogP contribution in [0.4, 0.5) is 11.4 Å². The lowest BCUT2D eigenvalue weighted by molar-refractivity contribution is 1.39. The molecule has 3 rings (SSSR count). The van der Waals surface area contributed by atoms with Gasteiger partial charge in [-0.15, -0.1) is 0 Å². The van der Waals surface area contributed by atoms with Gasteiger partial charge in [0.2, 0.25) is 0 Å². The van der Waals surface area contributed by atoms with Gasteiger partial charge in [0.05, 0.1) is 33.7 Å². The first-order chi connectivity index (χ1) is 9.70. The number of nitrogens with one attached hydrogen (secondary N) is 1. The number of halogens is 1. The van der Waals surface area contributed by atoms with E-state index in [4.69, 9.17) is 11.6 Å². The molecule has 3 aromatic rings. The highest BCUT2D eigenvalue weighted by Gasteiger charge is 2.13. The van der Waals surface area contributed by atoms with E-state index < -0.39 is 0 Å². The molecule has 0 aliphatic heterocycles. The Hall–Kier alpha value is -2.16. The van der Waals surface area contributed by atoms with Crippen LogP contribution >= 0.6 is 23.3 Å². The number of hydrogen-bond donors (Lipinski definition) is 1. The zero-order valence-corrected chi connectivity index (χ0v) is 12.1. The van der Waals surface area contributed by atoms with Crippen molar-refractivity contribution >= 4 is 45.7 Å². The molecule has 0 saturated heterocycles. The Bertz CT molecular complexity index is 835. The van der Waals surface area contributed by atoms with Crippen LogP contribution in [-0.2, 0) is 0 Å². The van der Waals surface area contributed by atoms with Crippen LogP contribution in [-0.4, -0.2) is 8.75 Å². The molecule has 0 unspecified atom stereocenters. The summed E-state index contributed by atoms with van der Waals surface area (Å²) in [7, 11) is 0. The molecule has 1 N–H and O–H groups in total. The van der Waals surface area contributed by atoms with Gasteiger partial charge in [-0.2, -0.15) is 14.0 Å². The zero-order valence-electron chi connectivity index (χ0n) is 10.5. The van der Waals surface area contributed by atoms with Crippen LogP contribution in [0.2, 0.25) is 5.02 Å². The summed E-state index contributed by atoms with van der Waals surface area (Å²) in [4.78, 5) is 0. The van der Waals surface area contributed by atoms with Crippen LogP contribution in [0.15, 0.2) is 30.3 Å². The third kappa shape index (κ3) is 2.09. The van der Waals surface area contributed by atoms with Gasteiger partial charge in [0.1, 0.15) is 17.1 Å². The van der Waals surface area contributed by atoms with Crippen molar-refractivity contribution in [1.82, 2.24) is 8.75 Å². The Morgan fingerprint density at radius 3 is 2.85 bits per heavy atom. The molecule has 4 nitrogen and oxygen atoms in total. The van der Waals surface area contributed by atoms with Crippen molar-refractivity contribution in [3.05, 3.63) is 46.5 Å². The van der Waals surface area contributed by atoms with Crippen LogP contribution < -0.4 is 5.32 Å². The summed E-state index contributed by atoms with van der Waals surface area (Å²) in [6.07, 6.45) is 0. The van der Waals surface area contributed by atoms with Crippen molar-refractivity contribution in [2.45, 2.75) is 6.92 Å². The Morgan fingerprint density at radius 2 is 2.05 bits per heavy atom. The third-order valence-electron chi connectivity index (χ3n) is 3.02. The summed E-state index contributed by atoms with van der Waals surface area (Å²) < 4.78 is 8.46. The smallest absolute Gasteiger partial charge is 0.129 e. The van der Waals surface area contributed by atoms with E-state index in [9.17, 15) is 5.26 Å². The number of aromatic nitrogens is 2. The number of nitrogens with zero attached hydrogens (tertiary/aromatic N) is 3. The number of rotatable bonds is 2. The molecule has 6 heteroatoms. The molecule has 98 valence electrons. The molecule has 0 aliphatic carbocycles. The molecule has 1 aromatic heterocycles. The molecule has 20 heavy (non-hydrogen) atoms. The summed E-state index contributed by atoms with van der Waals surface area (Å²) in [6.45, 7) is 1.94. The van der Waals surface area contributed by atoms with Crippen molar-refractivity contribution in [2.75, 3.05) is 5.32 Å². The summed E-state index contributed by atoms with van der Waals surface area (Å²) in [6, 6.07) is 11.3. The summed E-state index contributed by atoms with van der Waals surface area (Å²) in [5.74, 6) is 0. The lowest BCUT2D eigenvalue weighted by Crippen LogP contribution is -1.98. The molecule has 2 aromatic carbocycles. The minimum Gasteiger partial charge on any atom is -0.351 e. The fraction of sp³-hybridized carbons (Fsp3) is 0.0714. The van der Waals surface area contributed by atoms with Crippen LogP contribution in [0.1, 0.15) is 11.1 Å². The van der Waals surface area contributed by atoms with E-state index in [0.717, 1.165) is 34.0 Å². The van der Waals surface area contributed by atoms with E-state index in [2.05, 4.69) is 20.1 Å². The van der Waals surface area contributed by atoms with Gasteiger partial charge in [0.25, 0.3) is 0 Å². The van der Waals surface area contributed by atoms with Gasteiger partial charge in [-0.3, -0.25) is 0 Å². The summed E-state index contributed by atoms with van der Waals surface area (Å²) in [5.41, 5.74) is 4.48. The second-order valence-electron chi connectivity index (χ2n) is 4.29. The maximum Gasteiger partial charge on any atom is 0.129 e. The first kappa shape index (κ1) is 12.9. The Balaban J connectivity index is 2.17. The van der Waals surface area contributed by atoms with Crippen LogP contribution in [0, 0.1) is 18.3 Å². The van der Waals surface area contributed by atoms with Gasteiger partial charge in [0.15, 0.2) is 0 Å². The predicted molar refractivity (Wildman–Crippen MR) is 81.6 cm³/mol. The van der Waals surface area contributed by atoms with Gasteiger partial charge < -0.3 is 5.32 Å². The molecule has 0 atom stereocenters. The second-order valence-corrected chi connectivity index (χ2v) is 5.22. The Morgan fingerprint density at radius 1 is 1.20 bits per heavy atom. The van der Waals surface area contributed by atoms with Crippen molar-refractivity contribution in [1.29, 1.82) is 5.26 Å². The molecular formula is C14H9ClN4S. The predicted octanol–water partition coefficient (Wildman–Crippen LogP) is 4.27. The molecule has 0 radical (unpaired) electrons. The maximum absolute atomic E-state index is 9.21. The average Bonchev–Trinajstić information content (AvgIpc) is 2.92. The topological polar surface area (TPSA) is 61.6 Å². The lowest BCUT2D eigenvalue weighted by atomic mass is 10.1. The Labute approximate surface area is 125 Å². The first-order valence-electron chi connectivity index (χ1n) is 5.88. The number of nitriles is 1. The highest BCUT2D eigenvalue weighted by Crippen LogP contribution is 2.34. The van der Waals surface area contributed by atoms with Crippen LogP contribution in [0.3, 0.4) is 0 Å². The zero-order chi connectivity index (χ0) is 14.1. The van der Waals surface area contributed by atoms with E-state index in [1.807, 2.05) is 25.1 Å². The molecule has 0 saturated carbocycles.